The maximum absolute atomic E-state index is 9.14. The predicted molar refractivity (Wildman–Crippen MR) is 65.5 cm³/mol. The Balaban J connectivity index is 2.15. The quantitative estimate of drug-likeness (QED) is 0.728. The van der Waals surface area contributed by atoms with E-state index < -0.39 is 7.12 Å². The normalized spacial score (nSPS) is 18.7. The molecule has 4 heteroatoms. The summed E-state index contributed by atoms with van der Waals surface area (Å²) in [5, 5.41) is 18.3. The minimum absolute atomic E-state index is 0.362. The molecule has 0 aromatic heterocycles. The van der Waals surface area contributed by atoms with Crippen molar-refractivity contribution in [2.75, 3.05) is 13.1 Å². The van der Waals surface area contributed by atoms with Gasteiger partial charge in [-0.05, 0) is 43.9 Å². The summed E-state index contributed by atoms with van der Waals surface area (Å²) in [6.07, 6.45) is 2.54. The third kappa shape index (κ3) is 2.46. The fourth-order valence-corrected chi connectivity index (χ4v) is 2.32. The third-order valence-electron chi connectivity index (χ3n) is 3.38. The van der Waals surface area contributed by atoms with Crippen LogP contribution >= 0.6 is 0 Å². The molecule has 1 unspecified atom stereocenters. The first-order valence-corrected chi connectivity index (χ1v) is 5.88. The molecule has 1 aromatic rings. The van der Waals surface area contributed by atoms with E-state index >= 15 is 0 Å². The lowest BCUT2D eigenvalue weighted by molar-refractivity contribution is 0.263. The van der Waals surface area contributed by atoms with Crippen molar-refractivity contribution in [3.05, 3.63) is 29.8 Å². The van der Waals surface area contributed by atoms with Crippen LogP contribution in [0.3, 0.4) is 0 Å². The molecule has 2 N–H and O–H groups in total. The van der Waals surface area contributed by atoms with Crippen LogP contribution in [0.2, 0.25) is 0 Å². The van der Waals surface area contributed by atoms with Crippen LogP contribution in [0.4, 0.5) is 0 Å². The molecule has 1 heterocycles. The Bertz CT molecular complexity index is 351. The molecule has 0 radical (unpaired) electrons. The van der Waals surface area contributed by atoms with Crippen molar-refractivity contribution in [2.24, 2.45) is 0 Å². The van der Waals surface area contributed by atoms with Crippen molar-refractivity contribution in [3.8, 4) is 0 Å². The highest BCUT2D eigenvalue weighted by molar-refractivity contribution is 6.58. The van der Waals surface area contributed by atoms with Gasteiger partial charge < -0.3 is 10.0 Å². The second-order valence-electron chi connectivity index (χ2n) is 4.46. The monoisotopic (exact) mass is 219 g/mol. The fraction of sp³-hybridized carbons (Fsp3) is 0.500. The highest BCUT2D eigenvalue weighted by Gasteiger charge is 2.20. The SMILES string of the molecule is CC(c1cccc(B(O)O)c1)N1CCCC1. The molecule has 3 nitrogen and oxygen atoms in total. The zero-order valence-electron chi connectivity index (χ0n) is 9.63. The molecule has 0 bridgehead atoms. The number of rotatable bonds is 3. The van der Waals surface area contributed by atoms with Crippen LogP contribution < -0.4 is 5.46 Å². The van der Waals surface area contributed by atoms with Gasteiger partial charge in [0.1, 0.15) is 0 Å². The van der Waals surface area contributed by atoms with Gasteiger partial charge in [-0.2, -0.15) is 0 Å². The molecule has 86 valence electrons. The van der Waals surface area contributed by atoms with Gasteiger partial charge >= 0.3 is 7.12 Å². The summed E-state index contributed by atoms with van der Waals surface area (Å²) >= 11 is 0. The van der Waals surface area contributed by atoms with Crippen LogP contribution in [0, 0.1) is 0 Å². The largest absolute Gasteiger partial charge is 0.488 e. The number of likely N-dealkylation sites (tertiary alicyclic amines) is 1. The first-order chi connectivity index (χ1) is 7.68. The van der Waals surface area contributed by atoms with E-state index in [9.17, 15) is 0 Å². The smallest absolute Gasteiger partial charge is 0.423 e. The van der Waals surface area contributed by atoms with Crippen molar-refractivity contribution in [2.45, 2.75) is 25.8 Å². The lowest BCUT2D eigenvalue weighted by Gasteiger charge is -2.24. The van der Waals surface area contributed by atoms with Crippen molar-refractivity contribution >= 4 is 12.6 Å². The Hall–Kier alpha value is -0.835. The van der Waals surface area contributed by atoms with E-state index in [0.717, 1.165) is 18.7 Å². The highest BCUT2D eigenvalue weighted by atomic mass is 16.4. The maximum Gasteiger partial charge on any atom is 0.488 e. The van der Waals surface area contributed by atoms with Gasteiger partial charge in [0.15, 0.2) is 0 Å². The molecule has 1 atom stereocenters. The van der Waals surface area contributed by atoms with Gasteiger partial charge in [-0.15, -0.1) is 0 Å². The molecule has 0 amide bonds. The van der Waals surface area contributed by atoms with Crippen LogP contribution in [0.25, 0.3) is 0 Å². The van der Waals surface area contributed by atoms with Crippen molar-refractivity contribution < 1.29 is 10.0 Å². The minimum Gasteiger partial charge on any atom is -0.423 e. The molecule has 0 saturated carbocycles. The van der Waals surface area contributed by atoms with E-state index in [-0.39, 0.29) is 0 Å². The molecule has 16 heavy (non-hydrogen) atoms. The zero-order valence-corrected chi connectivity index (χ0v) is 9.63. The van der Waals surface area contributed by atoms with Gasteiger partial charge in [-0.3, -0.25) is 4.90 Å². The average Bonchev–Trinajstić information content (AvgIpc) is 2.81. The number of hydrogen-bond donors (Lipinski definition) is 2. The molecule has 1 saturated heterocycles. The Morgan fingerprint density at radius 1 is 1.25 bits per heavy atom. The van der Waals surface area contributed by atoms with E-state index in [0.29, 0.717) is 11.5 Å². The van der Waals surface area contributed by atoms with Gasteiger partial charge in [-0.25, -0.2) is 0 Å². The summed E-state index contributed by atoms with van der Waals surface area (Å²) < 4.78 is 0. The molecule has 1 aromatic carbocycles. The predicted octanol–water partition coefficient (Wildman–Crippen LogP) is 0.523. The van der Waals surface area contributed by atoms with E-state index in [2.05, 4.69) is 17.9 Å². The minimum atomic E-state index is -1.37. The van der Waals surface area contributed by atoms with Gasteiger partial charge in [0.25, 0.3) is 0 Å². The molecule has 1 aliphatic heterocycles. The van der Waals surface area contributed by atoms with Crippen molar-refractivity contribution in [3.63, 3.8) is 0 Å². The summed E-state index contributed by atoms with van der Waals surface area (Å²) in [5.74, 6) is 0. The van der Waals surface area contributed by atoms with Gasteiger partial charge in [-0.1, -0.05) is 24.3 Å². The summed E-state index contributed by atoms with van der Waals surface area (Å²) in [5.41, 5.74) is 1.73. The van der Waals surface area contributed by atoms with Crippen LogP contribution in [0.1, 0.15) is 31.4 Å². The number of benzene rings is 1. The Labute approximate surface area is 96.9 Å². The maximum atomic E-state index is 9.14. The molecule has 0 spiro atoms. The molecular weight excluding hydrogens is 201 g/mol. The summed E-state index contributed by atoms with van der Waals surface area (Å²) in [6, 6.07) is 7.92. The lowest BCUT2D eigenvalue weighted by Crippen LogP contribution is -2.31. The second kappa shape index (κ2) is 5.00. The lowest BCUT2D eigenvalue weighted by atomic mass is 9.79. The first-order valence-electron chi connectivity index (χ1n) is 5.88. The average molecular weight is 219 g/mol. The van der Waals surface area contributed by atoms with Crippen molar-refractivity contribution in [1.29, 1.82) is 0 Å². The van der Waals surface area contributed by atoms with Crippen LogP contribution in [0.5, 0.6) is 0 Å². The summed E-state index contributed by atoms with van der Waals surface area (Å²) in [6.45, 7) is 4.47. The van der Waals surface area contributed by atoms with E-state index in [4.69, 9.17) is 10.0 Å². The van der Waals surface area contributed by atoms with Crippen molar-refractivity contribution in [1.82, 2.24) is 4.90 Å². The third-order valence-corrected chi connectivity index (χ3v) is 3.38. The highest BCUT2D eigenvalue weighted by Crippen LogP contribution is 2.23. The summed E-state index contributed by atoms with van der Waals surface area (Å²) in [7, 11) is -1.37. The Kier molecular flexibility index (Phi) is 3.64. The van der Waals surface area contributed by atoms with E-state index in [1.807, 2.05) is 12.1 Å². The topological polar surface area (TPSA) is 43.7 Å². The van der Waals surface area contributed by atoms with Gasteiger partial charge in [0.2, 0.25) is 0 Å². The van der Waals surface area contributed by atoms with Gasteiger partial charge in [0, 0.05) is 6.04 Å². The molecular formula is C12H18BNO2. The molecule has 2 rings (SSSR count). The summed E-state index contributed by atoms with van der Waals surface area (Å²) in [4.78, 5) is 2.43. The number of hydrogen-bond acceptors (Lipinski definition) is 3. The Morgan fingerprint density at radius 2 is 1.94 bits per heavy atom. The van der Waals surface area contributed by atoms with Crippen LogP contribution in [-0.4, -0.2) is 35.2 Å². The standard InChI is InChI=1S/C12H18BNO2/c1-10(14-7-2-3-8-14)11-5-4-6-12(9-11)13(15)16/h4-6,9-10,15-16H,2-3,7-8H2,1H3. The second-order valence-corrected chi connectivity index (χ2v) is 4.46. The zero-order chi connectivity index (χ0) is 11.5. The van der Waals surface area contributed by atoms with E-state index in [1.165, 1.54) is 12.8 Å². The fourth-order valence-electron chi connectivity index (χ4n) is 2.32. The molecule has 1 aliphatic rings. The van der Waals surface area contributed by atoms with Crippen LogP contribution in [-0.2, 0) is 0 Å². The molecule has 1 fully saturated rings. The first kappa shape index (κ1) is 11.6. The Morgan fingerprint density at radius 3 is 2.56 bits per heavy atom. The molecule has 0 aliphatic carbocycles. The van der Waals surface area contributed by atoms with E-state index in [1.54, 1.807) is 6.07 Å². The van der Waals surface area contributed by atoms with Gasteiger partial charge in [0.05, 0.1) is 0 Å². The van der Waals surface area contributed by atoms with Crippen LogP contribution in [0.15, 0.2) is 24.3 Å². The number of nitrogens with zero attached hydrogens (tertiary/aromatic N) is 1.